The summed E-state index contributed by atoms with van der Waals surface area (Å²) in [6.07, 6.45) is 10.7. The van der Waals surface area contributed by atoms with Crippen molar-refractivity contribution in [3.05, 3.63) is 54.6 Å². The number of nitrogens with zero attached hydrogens (tertiary/aromatic N) is 3. The Morgan fingerprint density at radius 1 is 0.967 bits per heavy atom. The number of fused-ring (bicyclic) bond motifs is 1. The van der Waals surface area contributed by atoms with Gasteiger partial charge in [-0.05, 0) is 73.4 Å². The second-order valence-corrected chi connectivity index (χ2v) is 10.6. The van der Waals surface area contributed by atoms with E-state index in [0.717, 1.165) is 58.8 Å². The van der Waals surface area contributed by atoms with Gasteiger partial charge in [0.1, 0.15) is 0 Å². The maximum absolute atomic E-state index is 12.5. The molecule has 1 aromatic carbocycles. The molecule has 0 unspecified atom stereocenters. The molecule has 3 heterocycles. The van der Waals surface area contributed by atoms with Crippen LogP contribution in [0.15, 0.2) is 49.1 Å². The standard InChI is InChI=1S/C23H26N4O2S/c1-16-10-19(14-25-13-16)18-11-17-4-7-24-15-22(17)23(12-18)26-20-5-8-27(9-6-20)30(28,29)21-2-3-21/h4,7,10-15,20-21,26H,2-3,5-6,8-9H2,1H3. The van der Waals surface area contributed by atoms with Crippen LogP contribution in [-0.2, 0) is 10.0 Å². The Kier molecular flexibility index (Phi) is 4.95. The van der Waals surface area contributed by atoms with E-state index in [-0.39, 0.29) is 11.3 Å². The van der Waals surface area contributed by atoms with Crippen molar-refractivity contribution < 1.29 is 8.42 Å². The summed E-state index contributed by atoms with van der Waals surface area (Å²) >= 11 is 0. The van der Waals surface area contributed by atoms with Crippen LogP contribution in [0.3, 0.4) is 0 Å². The number of piperidine rings is 1. The van der Waals surface area contributed by atoms with E-state index in [0.29, 0.717) is 13.1 Å². The summed E-state index contributed by atoms with van der Waals surface area (Å²) in [6.45, 7) is 3.23. The largest absolute Gasteiger partial charge is 0.382 e. The van der Waals surface area contributed by atoms with E-state index in [1.165, 1.54) is 0 Å². The Balaban J connectivity index is 1.40. The molecule has 0 bridgehead atoms. The third-order valence-corrected chi connectivity index (χ3v) is 8.48. The molecule has 2 aromatic heterocycles. The molecule has 1 N–H and O–H groups in total. The van der Waals surface area contributed by atoms with Crippen molar-refractivity contribution in [3.8, 4) is 11.1 Å². The van der Waals surface area contributed by atoms with Crippen molar-refractivity contribution in [2.75, 3.05) is 18.4 Å². The number of rotatable bonds is 5. The molecule has 5 rings (SSSR count). The molecular weight excluding hydrogens is 396 g/mol. The molecule has 0 radical (unpaired) electrons. The molecule has 0 spiro atoms. The lowest BCUT2D eigenvalue weighted by Crippen LogP contribution is -2.43. The molecule has 2 aliphatic rings. The molecule has 0 amide bonds. The van der Waals surface area contributed by atoms with Crippen LogP contribution >= 0.6 is 0 Å². The number of hydrogen-bond acceptors (Lipinski definition) is 5. The van der Waals surface area contributed by atoms with Gasteiger partial charge in [-0.25, -0.2) is 12.7 Å². The summed E-state index contributed by atoms with van der Waals surface area (Å²) in [6, 6.07) is 8.74. The molecule has 156 valence electrons. The molecular formula is C23H26N4O2S. The minimum absolute atomic E-state index is 0.128. The third kappa shape index (κ3) is 3.79. The van der Waals surface area contributed by atoms with E-state index >= 15 is 0 Å². The molecule has 6 nitrogen and oxygen atoms in total. The van der Waals surface area contributed by atoms with Gasteiger partial charge in [-0.3, -0.25) is 9.97 Å². The molecule has 0 atom stereocenters. The van der Waals surface area contributed by atoms with Crippen LogP contribution in [0.4, 0.5) is 5.69 Å². The molecule has 30 heavy (non-hydrogen) atoms. The van der Waals surface area contributed by atoms with Gasteiger partial charge in [0.25, 0.3) is 0 Å². The highest BCUT2D eigenvalue weighted by Gasteiger charge is 2.41. The van der Waals surface area contributed by atoms with Gasteiger partial charge in [0, 0.05) is 60.6 Å². The monoisotopic (exact) mass is 422 g/mol. The first kappa shape index (κ1) is 19.5. The third-order valence-electron chi connectivity index (χ3n) is 6.08. The Hall–Kier alpha value is -2.51. The van der Waals surface area contributed by atoms with Gasteiger partial charge in [0.15, 0.2) is 0 Å². The van der Waals surface area contributed by atoms with Crippen molar-refractivity contribution in [2.45, 2.75) is 43.9 Å². The highest BCUT2D eigenvalue weighted by atomic mass is 32.2. The van der Waals surface area contributed by atoms with E-state index in [9.17, 15) is 8.42 Å². The SMILES string of the molecule is Cc1cncc(-c2cc(NC3CCN(S(=O)(=O)C4CC4)CC3)c3cnccc3c2)c1. The quantitative estimate of drug-likeness (QED) is 0.673. The van der Waals surface area contributed by atoms with Crippen molar-refractivity contribution in [3.63, 3.8) is 0 Å². The predicted molar refractivity (Wildman–Crippen MR) is 120 cm³/mol. The molecule has 3 aromatic rings. The van der Waals surface area contributed by atoms with Crippen LogP contribution in [0.1, 0.15) is 31.2 Å². The van der Waals surface area contributed by atoms with Crippen molar-refractivity contribution >= 4 is 26.5 Å². The van der Waals surface area contributed by atoms with Crippen LogP contribution in [0.5, 0.6) is 0 Å². The maximum Gasteiger partial charge on any atom is 0.216 e. The summed E-state index contributed by atoms with van der Waals surface area (Å²) in [5, 5.41) is 5.76. The number of aromatic nitrogens is 2. The van der Waals surface area contributed by atoms with Gasteiger partial charge >= 0.3 is 0 Å². The van der Waals surface area contributed by atoms with E-state index in [1.807, 2.05) is 37.8 Å². The number of aryl methyl sites for hydroxylation is 1. The van der Waals surface area contributed by atoms with Gasteiger partial charge in [-0.2, -0.15) is 0 Å². The summed E-state index contributed by atoms with van der Waals surface area (Å²) < 4.78 is 26.7. The molecule has 1 saturated carbocycles. The number of nitrogens with one attached hydrogen (secondary N) is 1. The van der Waals surface area contributed by atoms with E-state index in [2.05, 4.69) is 33.5 Å². The molecule has 1 aliphatic heterocycles. The van der Waals surface area contributed by atoms with Gasteiger partial charge in [0.05, 0.1) is 5.25 Å². The van der Waals surface area contributed by atoms with Gasteiger partial charge in [-0.15, -0.1) is 0 Å². The lowest BCUT2D eigenvalue weighted by atomic mass is 9.99. The Morgan fingerprint density at radius 3 is 2.50 bits per heavy atom. The number of sulfonamides is 1. The minimum atomic E-state index is -3.08. The Labute approximate surface area is 177 Å². The fraction of sp³-hybridized carbons (Fsp3) is 0.391. The summed E-state index contributed by atoms with van der Waals surface area (Å²) in [5.41, 5.74) is 4.37. The first-order valence-electron chi connectivity index (χ1n) is 10.6. The number of hydrogen-bond donors (Lipinski definition) is 1. The fourth-order valence-corrected chi connectivity index (χ4v) is 6.12. The average Bonchev–Trinajstić information content (AvgIpc) is 3.60. The van der Waals surface area contributed by atoms with Crippen LogP contribution < -0.4 is 5.32 Å². The second kappa shape index (κ2) is 7.63. The van der Waals surface area contributed by atoms with Crippen LogP contribution in [0.25, 0.3) is 21.9 Å². The number of anilines is 1. The molecule has 1 aliphatic carbocycles. The van der Waals surface area contributed by atoms with E-state index < -0.39 is 10.0 Å². The fourth-order valence-electron chi connectivity index (χ4n) is 4.25. The topological polar surface area (TPSA) is 75.2 Å². The smallest absolute Gasteiger partial charge is 0.216 e. The molecule has 7 heteroatoms. The zero-order valence-corrected chi connectivity index (χ0v) is 17.9. The predicted octanol–water partition coefficient (Wildman–Crippen LogP) is 3.97. The van der Waals surface area contributed by atoms with E-state index in [1.54, 1.807) is 4.31 Å². The van der Waals surface area contributed by atoms with Gasteiger partial charge in [0.2, 0.25) is 10.0 Å². The van der Waals surface area contributed by atoms with Crippen molar-refractivity contribution in [1.29, 1.82) is 0 Å². The van der Waals surface area contributed by atoms with Crippen LogP contribution in [0, 0.1) is 6.92 Å². The molecule has 2 fully saturated rings. The van der Waals surface area contributed by atoms with Gasteiger partial charge in [-0.1, -0.05) is 0 Å². The van der Waals surface area contributed by atoms with Gasteiger partial charge < -0.3 is 5.32 Å². The summed E-state index contributed by atoms with van der Waals surface area (Å²) in [4.78, 5) is 8.66. The maximum atomic E-state index is 12.5. The average molecular weight is 423 g/mol. The Morgan fingerprint density at radius 2 is 1.77 bits per heavy atom. The van der Waals surface area contributed by atoms with Crippen LogP contribution in [0.2, 0.25) is 0 Å². The lowest BCUT2D eigenvalue weighted by Gasteiger charge is -2.32. The normalized spacial score (nSPS) is 18.6. The molecule has 1 saturated heterocycles. The van der Waals surface area contributed by atoms with E-state index in [4.69, 9.17) is 0 Å². The summed E-state index contributed by atoms with van der Waals surface area (Å²) in [5.74, 6) is 0. The Bertz CT molecular complexity index is 1180. The zero-order chi connectivity index (χ0) is 20.7. The first-order valence-corrected chi connectivity index (χ1v) is 12.1. The first-order chi connectivity index (χ1) is 14.5. The number of pyridine rings is 2. The number of benzene rings is 1. The zero-order valence-electron chi connectivity index (χ0n) is 17.1. The summed E-state index contributed by atoms with van der Waals surface area (Å²) in [7, 11) is -3.08. The van der Waals surface area contributed by atoms with Crippen LogP contribution in [-0.4, -0.2) is 47.1 Å². The lowest BCUT2D eigenvalue weighted by molar-refractivity contribution is 0.329. The minimum Gasteiger partial charge on any atom is -0.382 e. The second-order valence-electron chi connectivity index (χ2n) is 8.43. The highest BCUT2D eigenvalue weighted by molar-refractivity contribution is 7.90. The van der Waals surface area contributed by atoms with Crippen molar-refractivity contribution in [1.82, 2.24) is 14.3 Å². The highest BCUT2D eigenvalue weighted by Crippen LogP contribution is 2.34. The van der Waals surface area contributed by atoms with Crippen molar-refractivity contribution in [2.24, 2.45) is 0 Å².